The summed E-state index contributed by atoms with van der Waals surface area (Å²) < 4.78 is 27.4. The van der Waals surface area contributed by atoms with Crippen molar-refractivity contribution in [1.29, 1.82) is 0 Å². The Bertz CT molecular complexity index is 1160. The Morgan fingerprint density at radius 3 is 2.44 bits per heavy atom. The van der Waals surface area contributed by atoms with E-state index in [9.17, 15) is 13.2 Å². The van der Waals surface area contributed by atoms with Crippen LogP contribution in [0.4, 0.5) is 0 Å². The molecular formula is C24H38N4O3S. The fourth-order valence-electron chi connectivity index (χ4n) is 5.51. The second kappa shape index (κ2) is 7.97. The average molecular weight is 463 g/mol. The fraction of sp³-hybridized carbons (Fsp3) is 0.750. The van der Waals surface area contributed by atoms with Crippen LogP contribution in [0.1, 0.15) is 65.5 Å². The van der Waals surface area contributed by atoms with Gasteiger partial charge in [-0.25, -0.2) is 18.2 Å². The number of hydrogen-bond donors (Lipinski definition) is 0. The molecule has 0 aromatic carbocycles. The van der Waals surface area contributed by atoms with Crippen molar-refractivity contribution < 1.29 is 8.42 Å². The number of hydrogen-bond acceptors (Lipinski definition) is 5. The first-order valence-electron chi connectivity index (χ1n) is 11.8. The van der Waals surface area contributed by atoms with E-state index in [1.807, 2.05) is 11.6 Å². The smallest absolute Gasteiger partial charge is 0.298 e. The summed E-state index contributed by atoms with van der Waals surface area (Å²) in [5.74, 6) is 0.840. The molecule has 0 bridgehead atoms. The quantitative estimate of drug-likeness (QED) is 0.700. The molecule has 8 heteroatoms. The summed E-state index contributed by atoms with van der Waals surface area (Å²) in [5.41, 5.74) is 2.82. The van der Waals surface area contributed by atoms with Crippen LogP contribution in [0.5, 0.6) is 0 Å². The van der Waals surface area contributed by atoms with Gasteiger partial charge in [-0.3, -0.25) is 14.0 Å². The van der Waals surface area contributed by atoms with Crippen LogP contribution in [0.2, 0.25) is 0 Å². The van der Waals surface area contributed by atoms with Crippen molar-refractivity contribution in [2.45, 2.75) is 72.4 Å². The van der Waals surface area contributed by atoms with Crippen LogP contribution in [-0.4, -0.2) is 58.1 Å². The number of sulfone groups is 1. The molecule has 3 heterocycles. The Balaban J connectivity index is 1.63. The number of rotatable bonds is 3. The standard InChI is InChI=1S/C24H38N4O3S/c1-23(2,3)16-28-19-8-7-18(25-21(19)26(6)22(28)29)17-9-10-24(4,5)20(15-17)27-11-13-32(30,31)14-12-27/h7-8,17,20H,9-16H2,1-6H3. The molecule has 4 rings (SSSR count). The highest BCUT2D eigenvalue weighted by Gasteiger charge is 2.42. The predicted octanol–water partition coefficient (Wildman–Crippen LogP) is 3.17. The van der Waals surface area contributed by atoms with Gasteiger partial charge in [0.25, 0.3) is 0 Å². The van der Waals surface area contributed by atoms with E-state index in [2.05, 4.69) is 51.7 Å². The molecule has 1 aliphatic heterocycles. The van der Waals surface area contributed by atoms with E-state index in [-0.39, 0.29) is 28.0 Å². The van der Waals surface area contributed by atoms with Crippen LogP contribution in [-0.2, 0) is 23.4 Å². The fourth-order valence-corrected chi connectivity index (χ4v) is 6.74. The third kappa shape index (κ3) is 4.53. The summed E-state index contributed by atoms with van der Waals surface area (Å²) in [5, 5.41) is 0. The molecule has 2 aromatic heterocycles. The molecule has 2 aliphatic rings. The van der Waals surface area contributed by atoms with Crippen LogP contribution in [0.25, 0.3) is 11.2 Å². The SMILES string of the molecule is Cn1c(=O)n(CC(C)(C)C)c2ccc(C3CCC(C)(C)C(N4CCS(=O)(=O)CC4)C3)nc21. The largest absolute Gasteiger partial charge is 0.330 e. The van der Waals surface area contributed by atoms with Crippen LogP contribution in [0.3, 0.4) is 0 Å². The molecular weight excluding hydrogens is 424 g/mol. The molecule has 2 fully saturated rings. The molecule has 1 saturated heterocycles. The molecule has 2 unspecified atom stereocenters. The minimum atomic E-state index is -2.89. The number of aromatic nitrogens is 3. The maximum absolute atomic E-state index is 12.9. The molecule has 0 amide bonds. The summed E-state index contributed by atoms with van der Waals surface area (Å²) in [6.45, 7) is 12.9. The zero-order valence-corrected chi connectivity index (χ0v) is 21.2. The monoisotopic (exact) mass is 462 g/mol. The van der Waals surface area contributed by atoms with Gasteiger partial charge in [0, 0.05) is 44.3 Å². The first kappa shape index (κ1) is 23.5. The Morgan fingerprint density at radius 1 is 1.16 bits per heavy atom. The van der Waals surface area contributed by atoms with Gasteiger partial charge in [-0.2, -0.15) is 0 Å². The first-order valence-corrected chi connectivity index (χ1v) is 13.6. The minimum absolute atomic E-state index is 0.000871. The van der Waals surface area contributed by atoms with Crippen molar-refractivity contribution in [3.63, 3.8) is 0 Å². The van der Waals surface area contributed by atoms with Gasteiger partial charge in [0.2, 0.25) is 0 Å². The predicted molar refractivity (Wildman–Crippen MR) is 129 cm³/mol. The summed E-state index contributed by atoms with van der Waals surface area (Å²) in [4.78, 5) is 20.3. The molecule has 2 aromatic rings. The van der Waals surface area contributed by atoms with Gasteiger partial charge in [0.15, 0.2) is 15.5 Å². The van der Waals surface area contributed by atoms with Crippen molar-refractivity contribution in [2.24, 2.45) is 17.9 Å². The number of imidazole rings is 1. The molecule has 1 saturated carbocycles. The van der Waals surface area contributed by atoms with Crippen molar-refractivity contribution in [1.82, 2.24) is 19.0 Å². The molecule has 0 radical (unpaired) electrons. The molecule has 178 valence electrons. The van der Waals surface area contributed by atoms with Gasteiger partial charge < -0.3 is 0 Å². The van der Waals surface area contributed by atoms with Crippen LogP contribution < -0.4 is 5.69 Å². The topological polar surface area (TPSA) is 77.2 Å². The van der Waals surface area contributed by atoms with E-state index in [0.29, 0.717) is 31.6 Å². The third-order valence-corrected chi connectivity index (χ3v) is 9.03. The lowest BCUT2D eigenvalue weighted by Gasteiger charge is -2.48. The Kier molecular flexibility index (Phi) is 5.85. The zero-order chi connectivity index (χ0) is 23.5. The van der Waals surface area contributed by atoms with Crippen molar-refractivity contribution in [3.05, 3.63) is 28.3 Å². The lowest BCUT2D eigenvalue weighted by Crippen LogP contribution is -2.53. The highest BCUT2D eigenvalue weighted by atomic mass is 32.2. The summed E-state index contributed by atoms with van der Waals surface area (Å²) in [6, 6.07) is 4.50. The van der Waals surface area contributed by atoms with E-state index in [0.717, 1.165) is 36.1 Å². The van der Waals surface area contributed by atoms with Gasteiger partial charge in [-0.15, -0.1) is 0 Å². The van der Waals surface area contributed by atoms with Gasteiger partial charge in [0.1, 0.15) is 0 Å². The van der Waals surface area contributed by atoms with Crippen molar-refractivity contribution in [2.75, 3.05) is 24.6 Å². The zero-order valence-electron chi connectivity index (χ0n) is 20.4. The minimum Gasteiger partial charge on any atom is -0.298 e. The number of pyridine rings is 1. The Labute approximate surface area is 191 Å². The summed E-state index contributed by atoms with van der Waals surface area (Å²) in [6.07, 6.45) is 3.11. The van der Waals surface area contributed by atoms with E-state index in [1.165, 1.54) is 0 Å². The van der Waals surface area contributed by atoms with E-state index in [1.54, 1.807) is 4.57 Å². The lowest BCUT2D eigenvalue weighted by atomic mass is 9.68. The highest BCUT2D eigenvalue weighted by Crippen LogP contribution is 2.45. The maximum Gasteiger partial charge on any atom is 0.330 e. The van der Waals surface area contributed by atoms with Gasteiger partial charge in [-0.1, -0.05) is 34.6 Å². The van der Waals surface area contributed by atoms with E-state index in [4.69, 9.17) is 4.98 Å². The van der Waals surface area contributed by atoms with Crippen LogP contribution in [0.15, 0.2) is 16.9 Å². The molecule has 0 N–H and O–H groups in total. The van der Waals surface area contributed by atoms with Crippen LogP contribution >= 0.6 is 0 Å². The molecule has 2 atom stereocenters. The van der Waals surface area contributed by atoms with E-state index >= 15 is 0 Å². The van der Waals surface area contributed by atoms with Gasteiger partial charge >= 0.3 is 5.69 Å². The molecule has 7 nitrogen and oxygen atoms in total. The summed E-state index contributed by atoms with van der Waals surface area (Å²) in [7, 11) is -1.08. The Hall–Kier alpha value is -1.67. The molecule has 32 heavy (non-hydrogen) atoms. The van der Waals surface area contributed by atoms with Gasteiger partial charge in [0.05, 0.1) is 17.0 Å². The second-order valence-electron chi connectivity index (χ2n) is 11.7. The van der Waals surface area contributed by atoms with E-state index < -0.39 is 9.84 Å². The average Bonchev–Trinajstić information content (AvgIpc) is 2.91. The first-order chi connectivity index (χ1) is 14.8. The molecule has 0 spiro atoms. The normalized spacial score (nSPS) is 26.4. The summed E-state index contributed by atoms with van der Waals surface area (Å²) >= 11 is 0. The van der Waals surface area contributed by atoms with Crippen molar-refractivity contribution in [3.8, 4) is 0 Å². The van der Waals surface area contributed by atoms with Crippen LogP contribution in [0, 0.1) is 10.8 Å². The van der Waals surface area contributed by atoms with Crippen molar-refractivity contribution >= 4 is 21.0 Å². The number of aryl methyl sites for hydroxylation is 1. The second-order valence-corrected chi connectivity index (χ2v) is 14.0. The third-order valence-electron chi connectivity index (χ3n) is 7.42. The maximum atomic E-state index is 12.9. The molecule has 1 aliphatic carbocycles. The van der Waals surface area contributed by atoms with Gasteiger partial charge in [-0.05, 0) is 42.2 Å². The highest BCUT2D eigenvalue weighted by molar-refractivity contribution is 7.91. The number of nitrogens with zero attached hydrogens (tertiary/aromatic N) is 4. The number of fused-ring (bicyclic) bond motifs is 1. The Morgan fingerprint density at radius 2 is 1.81 bits per heavy atom. The lowest BCUT2D eigenvalue weighted by molar-refractivity contribution is 0.0456.